The van der Waals surface area contributed by atoms with Gasteiger partial charge in [0.05, 0.1) is 23.1 Å². The van der Waals surface area contributed by atoms with Crippen LogP contribution in [-0.4, -0.2) is 36.0 Å². The van der Waals surface area contributed by atoms with E-state index >= 15 is 0 Å². The van der Waals surface area contributed by atoms with Crippen molar-refractivity contribution in [2.45, 2.75) is 44.8 Å². The van der Waals surface area contributed by atoms with Crippen LogP contribution in [0.4, 0.5) is 5.69 Å². The molecule has 1 N–H and O–H groups in total. The number of carbonyl (C=O) groups is 1. The van der Waals surface area contributed by atoms with Gasteiger partial charge in [-0.05, 0) is 48.2 Å². The lowest BCUT2D eigenvalue weighted by molar-refractivity contribution is -0.113. The number of carbonyl (C=O) groups excluding carboxylic acids is 1. The van der Waals surface area contributed by atoms with E-state index in [1.54, 1.807) is 6.33 Å². The first kappa shape index (κ1) is 22.1. The summed E-state index contributed by atoms with van der Waals surface area (Å²) >= 11 is 1.39. The molecule has 8 heteroatoms. The Kier molecular flexibility index (Phi) is 6.06. The second kappa shape index (κ2) is 8.78. The first-order valence-corrected chi connectivity index (χ1v) is 11.6. The molecule has 0 saturated carbocycles. The monoisotopic (exact) mass is 448 g/mol. The van der Waals surface area contributed by atoms with Gasteiger partial charge in [0.1, 0.15) is 0 Å². The lowest BCUT2D eigenvalue weighted by Crippen LogP contribution is -2.15. The highest BCUT2D eigenvalue weighted by molar-refractivity contribution is 7.99. The van der Waals surface area contributed by atoms with E-state index in [-0.39, 0.29) is 17.1 Å². The Morgan fingerprint density at radius 3 is 2.53 bits per heavy atom. The number of amides is 1. The molecule has 32 heavy (non-hydrogen) atoms. The molecule has 0 aliphatic carbocycles. The van der Waals surface area contributed by atoms with Crippen molar-refractivity contribution in [3.8, 4) is 11.4 Å². The summed E-state index contributed by atoms with van der Waals surface area (Å²) < 4.78 is 4.02. The summed E-state index contributed by atoms with van der Waals surface area (Å²) in [7, 11) is 1.97. The zero-order valence-corrected chi connectivity index (χ0v) is 19.9. The van der Waals surface area contributed by atoms with Crippen LogP contribution in [0.5, 0.6) is 0 Å². The van der Waals surface area contributed by atoms with Gasteiger partial charge in [-0.1, -0.05) is 44.7 Å². The van der Waals surface area contributed by atoms with Crippen molar-refractivity contribution < 1.29 is 4.79 Å². The summed E-state index contributed by atoms with van der Waals surface area (Å²) in [5.74, 6) is 0.984. The molecule has 2 aromatic carbocycles. The minimum absolute atomic E-state index is 0.0676. The number of aromatic nitrogens is 5. The number of hydrogen-bond acceptors (Lipinski definition) is 5. The van der Waals surface area contributed by atoms with E-state index in [9.17, 15) is 4.79 Å². The SMILES string of the molecule is CCn1c(SCC(=O)Nc2ccc(C(C)(C)C)cc2)nnc1-c1ccc2ncn(C)c2c1. The number of benzene rings is 2. The highest BCUT2D eigenvalue weighted by Crippen LogP contribution is 2.27. The van der Waals surface area contributed by atoms with Crippen LogP contribution in [0.3, 0.4) is 0 Å². The van der Waals surface area contributed by atoms with E-state index in [0.717, 1.165) is 33.3 Å². The summed E-state index contributed by atoms with van der Waals surface area (Å²) in [6, 6.07) is 14.1. The summed E-state index contributed by atoms with van der Waals surface area (Å²) in [6.45, 7) is 9.28. The molecule has 0 saturated heterocycles. The van der Waals surface area contributed by atoms with Gasteiger partial charge in [0.15, 0.2) is 11.0 Å². The van der Waals surface area contributed by atoms with E-state index in [0.29, 0.717) is 6.54 Å². The van der Waals surface area contributed by atoms with Gasteiger partial charge in [-0.3, -0.25) is 4.79 Å². The van der Waals surface area contributed by atoms with Crippen LogP contribution < -0.4 is 5.32 Å². The number of hydrogen-bond donors (Lipinski definition) is 1. The van der Waals surface area contributed by atoms with Crippen LogP contribution in [0.2, 0.25) is 0 Å². The Morgan fingerprint density at radius 2 is 1.84 bits per heavy atom. The minimum atomic E-state index is -0.0676. The van der Waals surface area contributed by atoms with E-state index < -0.39 is 0 Å². The number of rotatable bonds is 6. The number of nitrogens with one attached hydrogen (secondary N) is 1. The third-order valence-corrected chi connectivity index (χ3v) is 6.35. The van der Waals surface area contributed by atoms with Crippen molar-refractivity contribution in [3.63, 3.8) is 0 Å². The average Bonchev–Trinajstić information content (AvgIpc) is 3.35. The molecule has 4 aromatic rings. The van der Waals surface area contributed by atoms with Gasteiger partial charge in [-0.2, -0.15) is 0 Å². The second-order valence-corrected chi connectivity index (χ2v) is 9.72. The van der Waals surface area contributed by atoms with E-state index in [2.05, 4.69) is 66.4 Å². The molecule has 0 fully saturated rings. The van der Waals surface area contributed by atoms with Gasteiger partial charge >= 0.3 is 0 Å². The van der Waals surface area contributed by atoms with Crippen LogP contribution in [0.25, 0.3) is 22.4 Å². The maximum atomic E-state index is 12.5. The van der Waals surface area contributed by atoms with Crippen LogP contribution in [-0.2, 0) is 23.8 Å². The minimum Gasteiger partial charge on any atom is -0.334 e. The third kappa shape index (κ3) is 4.55. The zero-order valence-electron chi connectivity index (χ0n) is 19.1. The molecule has 0 atom stereocenters. The number of thioether (sulfide) groups is 1. The van der Waals surface area contributed by atoms with Gasteiger partial charge in [0.25, 0.3) is 0 Å². The van der Waals surface area contributed by atoms with Crippen LogP contribution in [0.15, 0.2) is 53.9 Å². The van der Waals surface area contributed by atoms with Crippen molar-refractivity contribution in [2.75, 3.05) is 11.1 Å². The molecular weight excluding hydrogens is 420 g/mol. The predicted molar refractivity (Wildman–Crippen MR) is 130 cm³/mol. The van der Waals surface area contributed by atoms with Gasteiger partial charge < -0.3 is 14.5 Å². The molecule has 166 valence electrons. The van der Waals surface area contributed by atoms with Crippen molar-refractivity contribution in [1.82, 2.24) is 24.3 Å². The van der Waals surface area contributed by atoms with Gasteiger partial charge in [-0.25, -0.2) is 4.98 Å². The highest BCUT2D eigenvalue weighted by atomic mass is 32.2. The fourth-order valence-corrected chi connectivity index (χ4v) is 4.34. The number of nitrogens with zero attached hydrogens (tertiary/aromatic N) is 5. The molecule has 0 aliphatic rings. The Hall–Kier alpha value is -3.13. The molecule has 7 nitrogen and oxygen atoms in total. The Bertz CT molecular complexity index is 1250. The predicted octanol–water partition coefficient (Wildman–Crippen LogP) is 4.88. The van der Waals surface area contributed by atoms with Gasteiger partial charge in [0.2, 0.25) is 5.91 Å². The molecule has 0 aliphatic heterocycles. The van der Waals surface area contributed by atoms with Crippen LogP contribution in [0, 0.1) is 0 Å². The molecule has 4 rings (SSSR count). The smallest absolute Gasteiger partial charge is 0.234 e. The van der Waals surface area contributed by atoms with Crippen molar-refractivity contribution in [2.24, 2.45) is 7.05 Å². The molecule has 0 spiro atoms. The summed E-state index contributed by atoms with van der Waals surface area (Å²) in [5, 5.41) is 12.4. The zero-order chi connectivity index (χ0) is 22.9. The molecule has 2 heterocycles. The maximum Gasteiger partial charge on any atom is 0.234 e. The average molecular weight is 449 g/mol. The maximum absolute atomic E-state index is 12.5. The summed E-state index contributed by atoms with van der Waals surface area (Å²) in [4.78, 5) is 16.9. The van der Waals surface area contributed by atoms with Crippen molar-refractivity contribution in [3.05, 3.63) is 54.4 Å². The number of anilines is 1. The normalized spacial score (nSPS) is 11.8. The molecular formula is C24H28N6OS. The number of fused-ring (bicyclic) bond motifs is 1. The van der Waals surface area contributed by atoms with Gasteiger partial charge in [0, 0.05) is 24.8 Å². The fraction of sp³-hybridized carbons (Fsp3) is 0.333. The third-order valence-electron chi connectivity index (χ3n) is 5.38. The van der Waals surface area contributed by atoms with E-state index in [4.69, 9.17) is 0 Å². The Labute approximate surface area is 192 Å². The Balaban J connectivity index is 1.45. The fourth-order valence-electron chi connectivity index (χ4n) is 3.54. The largest absolute Gasteiger partial charge is 0.334 e. The van der Waals surface area contributed by atoms with Gasteiger partial charge in [-0.15, -0.1) is 10.2 Å². The first-order valence-electron chi connectivity index (χ1n) is 10.6. The van der Waals surface area contributed by atoms with Crippen molar-refractivity contribution >= 4 is 34.4 Å². The van der Waals surface area contributed by atoms with Crippen molar-refractivity contribution in [1.29, 1.82) is 0 Å². The Morgan fingerprint density at radius 1 is 1.09 bits per heavy atom. The molecule has 0 radical (unpaired) electrons. The second-order valence-electron chi connectivity index (χ2n) is 8.77. The standard InChI is InChI=1S/C24H28N6OS/c1-6-30-22(16-7-12-19-20(13-16)29(5)15-25-19)27-28-23(30)32-14-21(31)26-18-10-8-17(9-11-18)24(2,3)4/h7-13,15H,6,14H2,1-5H3,(H,26,31). The van der Waals surface area contributed by atoms with Crippen LogP contribution >= 0.6 is 11.8 Å². The first-order chi connectivity index (χ1) is 15.3. The van der Waals surface area contributed by atoms with Crippen LogP contribution in [0.1, 0.15) is 33.3 Å². The molecule has 0 bridgehead atoms. The summed E-state index contributed by atoms with van der Waals surface area (Å²) in [5.41, 5.74) is 5.08. The lowest BCUT2D eigenvalue weighted by Gasteiger charge is -2.19. The molecule has 0 unspecified atom stereocenters. The summed E-state index contributed by atoms with van der Waals surface area (Å²) in [6.07, 6.45) is 1.80. The quantitative estimate of drug-likeness (QED) is 0.425. The lowest BCUT2D eigenvalue weighted by atomic mass is 9.87. The highest BCUT2D eigenvalue weighted by Gasteiger charge is 2.16. The number of imidazole rings is 1. The molecule has 1 amide bonds. The molecule has 2 aromatic heterocycles. The van der Waals surface area contributed by atoms with E-state index in [1.807, 2.05) is 40.4 Å². The number of aryl methyl sites for hydroxylation is 1. The topological polar surface area (TPSA) is 77.6 Å². The van der Waals surface area contributed by atoms with E-state index in [1.165, 1.54) is 17.3 Å².